The fourth-order valence-corrected chi connectivity index (χ4v) is 3.93. The molecule has 1 aliphatic rings. The molecule has 0 spiro atoms. The summed E-state index contributed by atoms with van der Waals surface area (Å²) in [6.45, 7) is 7.21. The third kappa shape index (κ3) is 4.10. The van der Waals surface area contributed by atoms with Crippen molar-refractivity contribution < 1.29 is 14.3 Å². The average Bonchev–Trinajstić information content (AvgIpc) is 3.18. The molecule has 160 valence electrons. The molecule has 1 aliphatic heterocycles. The predicted molar refractivity (Wildman–Crippen MR) is 118 cm³/mol. The number of benzene rings is 2. The molecule has 4 rings (SSSR count). The summed E-state index contributed by atoms with van der Waals surface area (Å²) in [5.74, 6) is -0.0788. The lowest BCUT2D eigenvalue weighted by molar-refractivity contribution is 0.0513. The molecular weight excluding hydrogens is 390 g/mol. The van der Waals surface area contributed by atoms with Gasteiger partial charge in [-0.2, -0.15) is 5.10 Å². The number of hydrogen-bond acceptors (Lipinski definition) is 4. The van der Waals surface area contributed by atoms with Crippen LogP contribution >= 0.6 is 0 Å². The number of amides is 1. The van der Waals surface area contributed by atoms with E-state index in [1.54, 1.807) is 16.5 Å². The number of para-hydroxylation sites is 1. The van der Waals surface area contributed by atoms with Gasteiger partial charge in [-0.15, -0.1) is 0 Å². The van der Waals surface area contributed by atoms with Crippen molar-refractivity contribution in [3.05, 3.63) is 82.7 Å². The number of carbonyl (C=O) groups excluding carboxylic acids is 2. The molecular formula is C25H27N3O3. The number of esters is 1. The van der Waals surface area contributed by atoms with Crippen LogP contribution in [0, 0.1) is 0 Å². The fourth-order valence-electron chi connectivity index (χ4n) is 3.93. The molecule has 0 unspecified atom stereocenters. The minimum Gasteiger partial charge on any atom is -0.461 e. The molecule has 1 aromatic heterocycles. The van der Waals surface area contributed by atoms with Crippen molar-refractivity contribution in [1.29, 1.82) is 0 Å². The van der Waals surface area contributed by atoms with Gasteiger partial charge in [0.15, 0.2) is 5.69 Å². The van der Waals surface area contributed by atoms with Gasteiger partial charge < -0.3 is 9.64 Å². The number of hydrogen-bond donors (Lipinski definition) is 0. The molecule has 1 amide bonds. The van der Waals surface area contributed by atoms with Gasteiger partial charge in [-0.25, -0.2) is 9.48 Å². The van der Waals surface area contributed by atoms with Crippen molar-refractivity contribution in [1.82, 2.24) is 14.7 Å². The van der Waals surface area contributed by atoms with Gasteiger partial charge in [0, 0.05) is 24.1 Å². The molecule has 3 aromatic rings. The van der Waals surface area contributed by atoms with Crippen LogP contribution in [0.4, 0.5) is 0 Å². The molecule has 0 saturated heterocycles. The van der Waals surface area contributed by atoms with E-state index in [1.807, 2.05) is 54.6 Å². The van der Waals surface area contributed by atoms with E-state index in [4.69, 9.17) is 4.74 Å². The summed E-state index contributed by atoms with van der Waals surface area (Å²) < 4.78 is 7.05. The smallest absolute Gasteiger partial charge is 0.359 e. The molecule has 0 saturated carbocycles. The highest BCUT2D eigenvalue weighted by atomic mass is 16.5. The summed E-state index contributed by atoms with van der Waals surface area (Å²) in [6.07, 6.45) is 0.618. The van der Waals surface area contributed by atoms with Crippen molar-refractivity contribution in [2.75, 3.05) is 13.2 Å². The molecule has 0 atom stereocenters. The van der Waals surface area contributed by atoms with E-state index in [2.05, 4.69) is 18.9 Å². The minimum atomic E-state index is -0.455. The summed E-state index contributed by atoms with van der Waals surface area (Å²) in [5.41, 5.74) is 4.74. The second kappa shape index (κ2) is 8.76. The summed E-state index contributed by atoms with van der Waals surface area (Å²) in [5, 5.41) is 4.58. The molecule has 31 heavy (non-hydrogen) atoms. The summed E-state index contributed by atoms with van der Waals surface area (Å²) in [7, 11) is 0. The molecule has 0 N–H and O–H groups in total. The monoisotopic (exact) mass is 417 g/mol. The molecule has 6 nitrogen and oxygen atoms in total. The summed E-state index contributed by atoms with van der Waals surface area (Å²) in [6, 6.07) is 17.5. The van der Waals surface area contributed by atoms with Gasteiger partial charge in [-0.3, -0.25) is 4.79 Å². The largest absolute Gasteiger partial charge is 0.461 e. The van der Waals surface area contributed by atoms with Gasteiger partial charge in [0.05, 0.1) is 24.5 Å². The quantitative estimate of drug-likeness (QED) is 0.578. The Kier molecular flexibility index (Phi) is 5.89. The average molecular weight is 418 g/mol. The minimum absolute atomic E-state index is 0.0387. The molecule has 6 heteroatoms. The maximum absolute atomic E-state index is 13.2. The van der Waals surface area contributed by atoms with Gasteiger partial charge >= 0.3 is 5.97 Å². The standard InChI is InChI=1S/C25H27N3O3/c1-4-31-25(30)23-21-16-27(24(29)19-12-10-18(11-13-19)17(2)3)15-14-22(21)28(26-23)20-8-6-5-7-9-20/h5-13,17H,4,14-16H2,1-3H3. The Morgan fingerprint density at radius 1 is 1.06 bits per heavy atom. The maximum atomic E-state index is 13.2. The van der Waals surface area contributed by atoms with Gasteiger partial charge in [0.1, 0.15) is 0 Å². The SMILES string of the molecule is CCOC(=O)c1nn(-c2ccccc2)c2c1CN(C(=O)c1ccc(C(C)C)cc1)CC2. The van der Waals surface area contributed by atoms with Crippen LogP contribution in [0.25, 0.3) is 5.69 Å². The third-order valence-corrected chi connectivity index (χ3v) is 5.64. The van der Waals surface area contributed by atoms with Crippen LogP contribution in [-0.2, 0) is 17.7 Å². The van der Waals surface area contributed by atoms with E-state index < -0.39 is 5.97 Å². The second-order valence-corrected chi connectivity index (χ2v) is 8.00. The van der Waals surface area contributed by atoms with Crippen molar-refractivity contribution in [3.63, 3.8) is 0 Å². The van der Waals surface area contributed by atoms with Gasteiger partial charge in [0.2, 0.25) is 0 Å². The Hall–Kier alpha value is -3.41. The highest BCUT2D eigenvalue weighted by molar-refractivity contribution is 5.95. The molecule has 0 aliphatic carbocycles. The zero-order chi connectivity index (χ0) is 22.0. The fraction of sp³-hybridized carbons (Fsp3) is 0.320. The highest BCUT2D eigenvalue weighted by Gasteiger charge is 2.31. The van der Waals surface area contributed by atoms with E-state index in [1.165, 1.54) is 5.56 Å². The zero-order valence-electron chi connectivity index (χ0n) is 18.2. The third-order valence-electron chi connectivity index (χ3n) is 5.64. The van der Waals surface area contributed by atoms with Crippen LogP contribution in [0.2, 0.25) is 0 Å². The van der Waals surface area contributed by atoms with Crippen molar-refractivity contribution >= 4 is 11.9 Å². The Bertz CT molecular complexity index is 1090. The van der Waals surface area contributed by atoms with E-state index in [0.717, 1.165) is 16.9 Å². The van der Waals surface area contributed by atoms with E-state index in [0.29, 0.717) is 31.0 Å². The van der Waals surface area contributed by atoms with Crippen LogP contribution in [0.1, 0.15) is 64.4 Å². The number of nitrogens with zero attached hydrogens (tertiary/aromatic N) is 3. The first-order valence-corrected chi connectivity index (χ1v) is 10.7. The first-order chi connectivity index (χ1) is 15.0. The molecule has 0 bridgehead atoms. The van der Waals surface area contributed by atoms with Crippen molar-refractivity contribution in [3.8, 4) is 5.69 Å². The van der Waals surface area contributed by atoms with Crippen LogP contribution in [0.5, 0.6) is 0 Å². The lowest BCUT2D eigenvalue weighted by atomic mass is 10.0. The number of aromatic nitrogens is 2. The van der Waals surface area contributed by atoms with E-state index in [9.17, 15) is 9.59 Å². The van der Waals surface area contributed by atoms with Gasteiger partial charge in [-0.05, 0) is 42.7 Å². The second-order valence-electron chi connectivity index (χ2n) is 8.00. The van der Waals surface area contributed by atoms with Gasteiger partial charge in [0.25, 0.3) is 5.91 Å². The number of fused-ring (bicyclic) bond motifs is 1. The number of rotatable bonds is 5. The molecule has 0 fully saturated rings. The Morgan fingerprint density at radius 2 is 1.77 bits per heavy atom. The molecule has 2 heterocycles. The van der Waals surface area contributed by atoms with Crippen LogP contribution in [0.3, 0.4) is 0 Å². The van der Waals surface area contributed by atoms with E-state index in [-0.39, 0.29) is 18.2 Å². The summed E-state index contributed by atoms with van der Waals surface area (Å²) in [4.78, 5) is 27.5. The highest BCUT2D eigenvalue weighted by Crippen LogP contribution is 2.27. The van der Waals surface area contributed by atoms with Crippen LogP contribution in [0.15, 0.2) is 54.6 Å². The lowest BCUT2D eigenvalue weighted by Gasteiger charge is -2.28. The molecule has 2 aromatic carbocycles. The topological polar surface area (TPSA) is 64.4 Å². The Labute approximate surface area is 182 Å². The van der Waals surface area contributed by atoms with Crippen LogP contribution < -0.4 is 0 Å². The maximum Gasteiger partial charge on any atom is 0.359 e. The molecule has 0 radical (unpaired) electrons. The van der Waals surface area contributed by atoms with Crippen LogP contribution in [-0.4, -0.2) is 39.7 Å². The Morgan fingerprint density at radius 3 is 2.42 bits per heavy atom. The normalized spacial score (nSPS) is 13.2. The van der Waals surface area contributed by atoms with Crippen molar-refractivity contribution in [2.45, 2.75) is 39.7 Å². The Balaban J connectivity index is 1.66. The van der Waals surface area contributed by atoms with E-state index >= 15 is 0 Å². The first-order valence-electron chi connectivity index (χ1n) is 10.7. The number of ether oxygens (including phenoxy) is 1. The van der Waals surface area contributed by atoms with Gasteiger partial charge in [-0.1, -0.05) is 44.2 Å². The predicted octanol–water partition coefficient (Wildman–Crippen LogP) is 4.37. The summed E-state index contributed by atoms with van der Waals surface area (Å²) >= 11 is 0. The zero-order valence-corrected chi connectivity index (χ0v) is 18.2. The number of carbonyl (C=O) groups is 2. The van der Waals surface area contributed by atoms with Crippen molar-refractivity contribution in [2.24, 2.45) is 0 Å². The lowest BCUT2D eigenvalue weighted by Crippen LogP contribution is -2.36. The first kappa shape index (κ1) is 20.8.